The fourth-order valence-corrected chi connectivity index (χ4v) is 5.43. The first kappa shape index (κ1) is 20.5. The van der Waals surface area contributed by atoms with E-state index in [0.29, 0.717) is 38.1 Å². The molecule has 2 aromatic heterocycles. The molecule has 1 aliphatic rings. The number of hydrogen-bond donors (Lipinski definition) is 0. The van der Waals surface area contributed by atoms with Crippen LogP contribution in [0.1, 0.15) is 12.8 Å². The van der Waals surface area contributed by atoms with Gasteiger partial charge in [0.1, 0.15) is 0 Å². The third-order valence-electron chi connectivity index (χ3n) is 5.68. The summed E-state index contributed by atoms with van der Waals surface area (Å²) in [5, 5.41) is 0. The number of methoxy groups -OCH3 is 1. The summed E-state index contributed by atoms with van der Waals surface area (Å²) in [6, 6.07) is 7.29. The van der Waals surface area contributed by atoms with Gasteiger partial charge in [0.25, 0.3) is 0 Å². The summed E-state index contributed by atoms with van der Waals surface area (Å²) in [5.74, 6) is -0.563. The molecule has 0 radical (unpaired) electrons. The van der Waals surface area contributed by atoms with Crippen LogP contribution in [0.15, 0.2) is 46.2 Å². The number of sulfonamides is 1. The van der Waals surface area contributed by atoms with Gasteiger partial charge in [0, 0.05) is 32.9 Å². The Morgan fingerprint density at radius 3 is 2.63 bits per heavy atom. The maximum atomic E-state index is 14.0. The van der Waals surface area contributed by atoms with Crippen LogP contribution in [-0.4, -0.2) is 47.0 Å². The van der Waals surface area contributed by atoms with E-state index in [0.717, 1.165) is 11.6 Å². The topological polar surface area (TPSA) is 86.4 Å². The van der Waals surface area contributed by atoms with Crippen molar-refractivity contribution in [2.45, 2.75) is 24.3 Å². The lowest BCUT2D eigenvalue weighted by Crippen LogP contribution is -2.40. The first-order valence-corrected chi connectivity index (χ1v) is 11.1. The minimum atomic E-state index is -3.79. The average Bonchev–Trinajstić information content (AvgIpc) is 2.99. The van der Waals surface area contributed by atoms with Gasteiger partial charge in [-0.05, 0) is 49.1 Å². The van der Waals surface area contributed by atoms with E-state index in [1.54, 1.807) is 28.4 Å². The van der Waals surface area contributed by atoms with Crippen LogP contribution in [0.4, 0.5) is 4.39 Å². The predicted molar refractivity (Wildman–Crippen MR) is 109 cm³/mol. The zero-order chi connectivity index (χ0) is 21.5. The second-order valence-corrected chi connectivity index (χ2v) is 9.38. The zero-order valence-corrected chi connectivity index (χ0v) is 17.6. The van der Waals surface area contributed by atoms with Crippen LogP contribution in [0.3, 0.4) is 0 Å². The molecule has 10 heteroatoms. The molecule has 0 N–H and O–H groups in total. The fourth-order valence-electron chi connectivity index (χ4n) is 3.94. The summed E-state index contributed by atoms with van der Waals surface area (Å²) in [6.07, 6.45) is 2.86. The Kier molecular flexibility index (Phi) is 5.37. The van der Waals surface area contributed by atoms with Crippen LogP contribution in [-0.2, 0) is 23.6 Å². The van der Waals surface area contributed by atoms with Gasteiger partial charge in [0.15, 0.2) is 17.2 Å². The molecule has 0 aliphatic carbocycles. The predicted octanol–water partition coefficient (Wildman–Crippen LogP) is 1.98. The van der Waals surface area contributed by atoms with Gasteiger partial charge in [0.05, 0.1) is 17.5 Å². The molecule has 0 atom stereocenters. The number of imidazole rings is 1. The average molecular weight is 434 g/mol. The SMILES string of the molecule is COc1ccc(S(=O)(=O)N2CCC(Cn3c(=O)n(C)c4cccnc43)CC2)cc1F. The number of piperidine rings is 1. The van der Waals surface area contributed by atoms with Gasteiger partial charge in [-0.3, -0.25) is 9.13 Å². The second-order valence-electron chi connectivity index (χ2n) is 7.44. The lowest BCUT2D eigenvalue weighted by Gasteiger charge is -2.31. The van der Waals surface area contributed by atoms with Crippen LogP contribution < -0.4 is 10.4 Å². The Labute approximate surface area is 173 Å². The molecule has 3 aromatic rings. The van der Waals surface area contributed by atoms with Gasteiger partial charge in [0.2, 0.25) is 10.0 Å². The summed E-state index contributed by atoms with van der Waals surface area (Å²) in [7, 11) is -0.750. The van der Waals surface area contributed by atoms with Gasteiger partial charge in [-0.25, -0.2) is 22.6 Å². The van der Waals surface area contributed by atoms with Gasteiger partial charge >= 0.3 is 5.69 Å². The highest BCUT2D eigenvalue weighted by Gasteiger charge is 2.30. The maximum absolute atomic E-state index is 14.0. The van der Waals surface area contributed by atoms with Gasteiger partial charge in [-0.15, -0.1) is 0 Å². The third kappa shape index (κ3) is 3.50. The highest BCUT2D eigenvalue weighted by molar-refractivity contribution is 7.89. The number of halogens is 1. The molecular weight excluding hydrogens is 411 g/mol. The van der Waals surface area contributed by atoms with Crippen molar-refractivity contribution >= 4 is 21.2 Å². The van der Waals surface area contributed by atoms with E-state index in [2.05, 4.69) is 4.98 Å². The van der Waals surface area contributed by atoms with Crippen LogP contribution in [0.25, 0.3) is 11.2 Å². The summed E-state index contributed by atoms with van der Waals surface area (Å²) in [4.78, 5) is 16.8. The summed E-state index contributed by atoms with van der Waals surface area (Å²) < 4.78 is 49.2. The standard InChI is InChI=1S/C20H23FN4O4S/c1-23-17-4-3-9-22-19(17)25(20(23)26)13-14-7-10-24(11-8-14)30(27,28)15-5-6-18(29-2)16(21)12-15/h3-6,9,12,14H,7-8,10-11,13H2,1-2H3. The number of nitrogens with zero attached hydrogens (tertiary/aromatic N) is 4. The first-order valence-electron chi connectivity index (χ1n) is 9.67. The number of aryl methyl sites for hydroxylation is 1. The van der Waals surface area contributed by atoms with Crippen molar-refractivity contribution in [2.24, 2.45) is 13.0 Å². The number of fused-ring (bicyclic) bond motifs is 1. The van der Waals surface area contributed by atoms with E-state index in [1.165, 1.54) is 23.5 Å². The molecule has 1 fully saturated rings. The highest BCUT2D eigenvalue weighted by atomic mass is 32.2. The largest absolute Gasteiger partial charge is 0.494 e. The quantitative estimate of drug-likeness (QED) is 0.613. The summed E-state index contributed by atoms with van der Waals surface area (Å²) in [6.45, 7) is 1.11. The minimum Gasteiger partial charge on any atom is -0.494 e. The third-order valence-corrected chi connectivity index (χ3v) is 7.57. The molecule has 4 rings (SSSR count). The van der Waals surface area contributed by atoms with Crippen molar-refractivity contribution in [1.29, 1.82) is 0 Å². The number of benzene rings is 1. The molecule has 1 aromatic carbocycles. The molecule has 160 valence electrons. The Morgan fingerprint density at radius 2 is 1.97 bits per heavy atom. The lowest BCUT2D eigenvalue weighted by atomic mass is 9.98. The number of pyridine rings is 1. The van der Waals surface area contributed by atoms with Crippen molar-refractivity contribution in [3.63, 3.8) is 0 Å². The lowest BCUT2D eigenvalue weighted by molar-refractivity contribution is 0.252. The van der Waals surface area contributed by atoms with E-state index in [1.807, 2.05) is 6.07 Å². The molecule has 0 spiro atoms. The second kappa shape index (κ2) is 7.84. The number of rotatable bonds is 5. The monoisotopic (exact) mass is 434 g/mol. The first-order chi connectivity index (χ1) is 14.3. The van der Waals surface area contributed by atoms with Crippen LogP contribution in [0.2, 0.25) is 0 Å². The molecule has 1 aliphatic heterocycles. The Morgan fingerprint density at radius 1 is 1.23 bits per heavy atom. The number of ether oxygens (including phenoxy) is 1. The molecule has 0 unspecified atom stereocenters. The van der Waals surface area contributed by atoms with Gasteiger partial charge in [-0.1, -0.05) is 0 Å². The molecule has 8 nitrogen and oxygen atoms in total. The van der Waals surface area contributed by atoms with Crippen LogP contribution >= 0.6 is 0 Å². The molecule has 30 heavy (non-hydrogen) atoms. The molecule has 3 heterocycles. The van der Waals surface area contributed by atoms with Crippen molar-refractivity contribution in [3.05, 3.63) is 52.8 Å². The van der Waals surface area contributed by atoms with Crippen molar-refractivity contribution in [2.75, 3.05) is 20.2 Å². The molecular formula is C20H23FN4O4S. The van der Waals surface area contributed by atoms with Crippen molar-refractivity contribution in [3.8, 4) is 5.75 Å². The zero-order valence-electron chi connectivity index (χ0n) is 16.8. The van der Waals surface area contributed by atoms with E-state index in [4.69, 9.17) is 4.74 Å². The van der Waals surface area contributed by atoms with E-state index < -0.39 is 15.8 Å². The Balaban J connectivity index is 1.49. The molecule has 0 bridgehead atoms. The Hall–Kier alpha value is -2.72. The van der Waals surface area contributed by atoms with Crippen molar-refractivity contribution in [1.82, 2.24) is 18.4 Å². The smallest absolute Gasteiger partial charge is 0.330 e. The van der Waals surface area contributed by atoms with Gasteiger partial charge in [-0.2, -0.15) is 4.31 Å². The maximum Gasteiger partial charge on any atom is 0.330 e. The van der Waals surface area contributed by atoms with E-state index in [9.17, 15) is 17.6 Å². The fraction of sp³-hybridized carbons (Fsp3) is 0.400. The molecule has 0 amide bonds. The highest BCUT2D eigenvalue weighted by Crippen LogP contribution is 2.27. The van der Waals surface area contributed by atoms with Gasteiger partial charge < -0.3 is 4.74 Å². The molecule has 0 saturated carbocycles. The van der Waals surface area contributed by atoms with Crippen molar-refractivity contribution < 1.29 is 17.5 Å². The van der Waals surface area contributed by atoms with E-state index >= 15 is 0 Å². The van der Waals surface area contributed by atoms with Crippen LogP contribution in [0.5, 0.6) is 5.75 Å². The minimum absolute atomic E-state index is 0.00166. The number of hydrogen-bond acceptors (Lipinski definition) is 5. The molecule has 1 saturated heterocycles. The summed E-state index contributed by atoms with van der Waals surface area (Å²) >= 11 is 0. The van der Waals surface area contributed by atoms with E-state index in [-0.39, 0.29) is 22.3 Å². The normalized spacial score (nSPS) is 16.2. The summed E-state index contributed by atoms with van der Waals surface area (Å²) in [5.41, 5.74) is 1.27. The number of aromatic nitrogens is 3. The Bertz CT molecular complexity index is 1240. The van der Waals surface area contributed by atoms with Crippen LogP contribution in [0, 0.1) is 11.7 Å².